The van der Waals surface area contributed by atoms with Crippen molar-refractivity contribution in [1.82, 2.24) is 9.97 Å². The summed E-state index contributed by atoms with van der Waals surface area (Å²) < 4.78 is 55.0. The molecule has 5 nitrogen and oxygen atoms in total. The van der Waals surface area contributed by atoms with Crippen LogP contribution in [0.1, 0.15) is 12.0 Å². The van der Waals surface area contributed by atoms with Gasteiger partial charge in [-0.05, 0) is 12.5 Å². The van der Waals surface area contributed by atoms with Gasteiger partial charge < -0.3 is 14.8 Å². The van der Waals surface area contributed by atoms with E-state index < -0.39 is 29.2 Å². The molecule has 0 saturated carbocycles. The van der Waals surface area contributed by atoms with E-state index in [0.717, 1.165) is 0 Å². The van der Waals surface area contributed by atoms with Gasteiger partial charge >= 0.3 is 0 Å². The van der Waals surface area contributed by atoms with Crippen LogP contribution in [0, 0.1) is 39.5 Å². The van der Waals surface area contributed by atoms with Crippen LogP contribution in [0.5, 0.6) is 0 Å². The van der Waals surface area contributed by atoms with Crippen LogP contribution in [0.4, 0.5) is 28.9 Å². The van der Waals surface area contributed by atoms with E-state index in [-0.39, 0.29) is 19.6 Å². The number of anilines is 2. The lowest BCUT2D eigenvalue weighted by Crippen LogP contribution is -2.32. The summed E-state index contributed by atoms with van der Waals surface area (Å²) in [5.74, 6) is -6.39. The molecule has 0 spiro atoms. The van der Waals surface area contributed by atoms with Crippen molar-refractivity contribution in [3.8, 4) is 6.07 Å². The maximum Gasteiger partial charge on any atom is 0.253 e. The second-order valence-corrected chi connectivity index (χ2v) is 6.08. The van der Waals surface area contributed by atoms with Crippen molar-refractivity contribution in [3.05, 3.63) is 46.0 Å². The number of aromatic nitrogens is 2. The fourth-order valence-corrected chi connectivity index (χ4v) is 3.19. The number of pyridine rings is 2. The van der Waals surface area contributed by atoms with Gasteiger partial charge in [0.25, 0.3) is 11.9 Å². The summed E-state index contributed by atoms with van der Waals surface area (Å²) >= 11 is 5.10. The minimum Gasteiger partial charge on any atom is -0.368 e. The average molecular weight is 383 g/mol. The van der Waals surface area contributed by atoms with Gasteiger partial charge in [-0.1, -0.05) is 12.2 Å². The Morgan fingerprint density at radius 2 is 1.65 bits per heavy atom. The first-order chi connectivity index (χ1) is 12.4. The van der Waals surface area contributed by atoms with Crippen molar-refractivity contribution >= 4 is 23.6 Å². The summed E-state index contributed by atoms with van der Waals surface area (Å²) in [6.07, 6.45) is 2.06. The molecule has 0 aromatic carbocycles. The highest BCUT2D eigenvalue weighted by molar-refractivity contribution is 7.71. The highest BCUT2D eigenvalue weighted by atomic mass is 32.1. The fourth-order valence-electron chi connectivity index (χ4n) is 2.98. The van der Waals surface area contributed by atoms with E-state index in [1.54, 1.807) is 12.3 Å². The third kappa shape index (κ3) is 3.22. The lowest BCUT2D eigenvalue weighted by molar-refractivity contribution is 0.406. The monoisotopic (exact) mass is 383 g/mol. The predicted molar refractivity (Wildman–Crippen MR) is 89.5 cm³/mol. The molecule has 0 atom stereocenters. The summed E-state index contributed by atoms with van der Waals surface area (Å²) in [4.78, 5) is 8.45. The van der Waals surface area contributed by atoms with Gasteiger partial charge in [-0.15, -0.1) is 0 Å². The lowest BCUT2D eigenvalue weighted by Gasteiger charge is -2.25. The number of hydrogen-bond donors (Lipinski definition) is 1. The van der Waals surface area contributed by atoms with Gasteiger partial charge in [0.15, 0.2) is 0 Å². The van der Waals surface area contributed by atoms with E-state index in [0.29, 0.717) is 28.9 Å². The molecule has 136 valence electrons. The van der Waals surface area contributed by atoms with Gasteiger partial charge in [0.1, 0.15) is 22.0 Å². The van der Waals surface area contributed by atoms with Gasteiger partial charge in [-0.25, -0.2) is 0 Å². The predicted octanol–water partition coefficient (Wildman–Crippen LogP) is 3.28. The van der Waals surface area contributed by atoms with Gasteiger partial charge in [0.2, 0.25) is 11.6 Å². The first kappa shape index (κ1) is 18.1. The van der Waals surface area contributed by atoms with E-state index in [1.165, 1.54) is 4.90 Å². The number of nitriles is 1. The number of hydrogen-bond acceptors (Lipinski definition) is 5. The Kier molecular flexibility index (Phi) is 5.08. The third-order valence-electron chi connectivity index (χ3n) is 4.18. The Hall–Kier alpha value is -2.67. The quantitative estimate of drug-likeness (QED) is 0.490. The maximum atomic E-state index is 14.0. The van der Waals surface area contributed by atoms with E-state index in [2.05, 4.69) is 9.97 Å². The van der Waals surface area contributed by atoms with E-state index in [4.69, 9.17) is 12.2 Å². The molecule has 3 rings (SSSR count). The Morgan fingerprint density at radius 1 is 1.04 bits per heavy atom. The number of aromatic amines is 1. The minimum absolute atomic E-state index is 0.104. The van der Waals surface area contributed by atoms with Crippen LogP contribution in [0.2, 0.25) is 0 Å². The van der Waals surface area contributed by atoms with Gasteiger partial charge in [0, 0.05) is 32.4 Å². The van der Waals surface area contributed by atoms with E-state index >= 15 is 0 Å². The second kappa shape index (κ2) is 7.29. The maximum absolute atomic E-state index is 14.0. The molecule has 0 unspecified atom stereocenters. The highest BCUT2D eigenvalue weighted by Crippen LogP contribution is 2.28. The molecule has 0 radical (unpaired) electrons. The smallest absolute Gasteiger partial charge is 0.253 e. The fraction of sp³-hybridized carbons (Fsp3) is 0.312. The topological polar surface area (TPSA) is 59.0 Å². The van der Waals surface area contributed by atoms with E-state index in [9.17, 15) is 22.8 Å². The molecule has 1 N–H and O–H groups in total. The van der Waals surface area contributed by atoms with Crippen molar-refractivity contribution in [2.24, 2.45) is 0 Å². The Morgan fingerprint density at radius 3 is 2.31 bits per heavy atom. The van der Waals surface area contributed by atoms with Crippen LogP contribution in [0.3, 0.4) is 0 Å². The molecule has 3 heterocycles. The number of rotatable bonds is 2. The molecule has 26 heavy (non-hydrogen) atoms. The summed E-state index contributed by atoms with van der Waals surface area (Å²) in [6.45, 7) is 1.07. The molecule has 1 saturated heterocycles. The SMILES string of the molecule is N#Cc1c(N2CCCN(c3c(F)c(F)nc(F)c3F)CC2)cc[nH]c1=S. The van der Waals surface area contributed by atoms with Crippen LogP contribution in [-0.2, 0) is 0 Å². The zero-order chi connectivity index (χ0) is 18.8. The lowest BCUT2D eigenvalue weighted by atomic mass is 10.2. The molecule has 1 aliphatic rings. The Balaban J connectivity index is 1.90. The molecule has 2 aromatic rings. The number of nitrogens with zero attached hydrogens (tertiary/aromatic N) is 4. The third-order valence-corrected chi connectivity index (χ3v) is 4.50. The summed E-state index contributed by atoms with van der Waals surface area (Å²) in [7, 11) is 0. The minimum atomic E-state index is -1.68. The molecule has 0 aliphatic carbocycles. The second-order valence-electron chi connectivity index (χ2n) is 5.68. The van der Waals surface area contributed by atoms with Crippen molar-refractivity contribution in [2.45, 2.75) is 6.42 Å². The van der Waals surface area contributed by atoms with Crippen molar-refractivity contribution in [3.63, 3.8) is 0 Å². The molecule has 2 aromatic heterocycles. The average Bonchev–Trinajstić information content (AvgIpc) is 2.86. The standard InChI is InChI=1S/C16H13F4N5S/c17-11-13(12(18)15(20)23-14(11)19)25-5-1-4-24(6-7-25)10-2-3-22-16(26)9(10)8-21/h2-3H,1,4-7H2,(H,22,26). The number of halogens is 4. The highest BCUT2D eigenvalue weighted by Gasteiger charge is 2.27. The molecule has 1 aliphatic heterocycles. The van der Waals surface area contributed by atoms with Gasteiger partial charge in [-0.3, -0.25) is 0 Å². The van der Waals surface area contributed by atoms with Crippen LogP contribution in [0.25, 0.3) is 0 Å². The summed E-state index contributed by atoms with van der Waals surface area (Å²) in [5, 5.41) is 9.30. The van der Waals surface area contributed by atoms with Crippen molar-refractivity contribution < 1.29 is 17.6 Å². The molecule has 0 amide bonds. The molecule has 1 fully saturated rings. The number of nitrogens with one attached hydrogen (secondary N) is 1. The zero-order valence-corrected chi connectivity index (χ0v) is 14.2. The molecule has 0 bridgehead atoms. The summed E-state index contributed by atoms with van der Waals surface area (Å²) in [5.41, 5.74) is 0.142. The normalized spacial score (nSPS) is 14.9. The first-order valence-electron chi connectivity index (χ1n) is 7.75. The Bertz CT molecular complexity index is 913. The van der Waals surface area contributed by atoms with E-state index in [1.807, 2.05) is 11.0 Å². The van der Waals surface area contributed by atoms with Crippen molar-refractivity contribution in [1.29, 1.82) is 5.26 Å². The van der Waals surface area contributed by atoms with Crippen LogP contribution >= 0.6 is 12.2 Å². The largest absolute Gasteiger partial charge is 0.368 e. The Labute approximate surface area is 151 Å². The van der Waals surface area contributed by atoms with Gasteiger partial charge in [0.05, 0.1) is 5.69 Å². The van der Waals surface area contributed by atoms with Crippen LogP contribution in [0.15, 0.2) is 12.3 Å². The van der Waals surface area contributed by atoms with Crippen molar-refractivity contribution in [2.75, 3.05) is 36.0 Å². The molecular weight excluding hydrogens is 370 g/mol. The van der Waals surface area contributed by atoms with Crippen LogP contribution in [-0.4, -0.2) is 36.1 Å². The van der Waals surface area contributed by atoms with Crippen LogP contribution < -0.4 is 9.80 Å². The first-order valence-corrected chi connectivity index (χ1v) is 8.16. The molecule has 10 heteroatoms. The number of H-pyrrole nitrogens is 1. The molecular formula is C16H13F4N5S. The summed E-state index contributed by atoms with van der Waals surface area (Å²) in [6, 6.07) is 3.73. The van der Waals surface area contributed by atoms with Gasteiger partial charge in [-0.2, -0.15) is 27.8 Å². The zero-order valence-electron chi connectivity index (χ0n) is 13.4.